The molecule has 0 aliphatic heterocycles. The molecule has 0 spiro atoms. The molecular weight excluding hydrogens is 569 g/mol. The highest BCUT2D eigenvalue weighted by Crippen LogP contribution is 2.45. The average molecular weight is 603 g/mol. The van der Waals surface area contributed by atoms with Gasteiger partial charge in [0, 0.05) is 11.3 Å². The predicted octanol–water partition coefficient (Wildman–Crippen LogP) is 11.9. The number of fused-ring (bicyclic) bond motifs is 3. The van der Waals surface area contributed by atoms with E-state index in [0.29, 0.717) is 0 Å². The Bertz CT molecular complexity index is 2370. The quantitative estimate of drug-likeness (QED) is 0.179. The van der Waals surface area contributed by atoms with E-state index in [1.54, 1.807) is 0 Å². The van der Waals surface area contributed by atoms with Crippen LogP contribution in [0.2, 0.25) is 0 Å². The Morgan fingerprint density at radius 3 is 1.83 bits per heavy atom. The fourth-order valence-electron chi connectivity index (χ4n) is 7.47. The van der Waals surface area contributed by atoms with Crippen molar-refractivity contribution in [3.05, 3.63) is 169 Å². The van der Waals surface area contributed by atoms with Crippen LogP contribution in [0, 0.1) is 0 Å². The monoisotopic (exact) mass is 602 g/mol. The maximum Gasteiger partial charge on any atom is 0.144 e. The summed E-state index contributed by atoms with van der Waals surface area (Å²) < 4.78 is 2.36. The second-order valence-electron chi connectivity index (χ2n) is 12.5. The molecule has 1 heterocycles. The lowest BCUT2D eigenvalue weighted by Gasteiger charge is -2.19. The molecule has 2 aliphatic carbocycles. The zero-order valence-electron chi connectivity index (χ0n) is 26.2. The molecule has 47 heavy (non-hydrogen) atoms. The normalized spacial score (nSPS) is 14.0. The molecule has 0 bridgehead atoms. The number of rotatable bonds is 5. The van der Waals surface area contributed by atoms with Gasteiger partial charge in [0.05, 0.1) is 11.4 Å². The maximum absolute atomic E-state index is 5.18. The van der Waals surface area contributed by atoms with Gasteiger partial charge in [0.2, 0.25) is 0 Å². The molecule has 6 aromatic carbocycles. The van der Waals surface area contributed by atoms with Gasteiger partial charge in [-0.3, -0.25) is 4.57 Å². The van der Waals surface area contributed by atoms with Crippen molar-refractivity contribution in [2.24, 2.45) is 0 Å². The Labute approximate surface area is 275 Å². The van der Waals surface area contributed by atoms with Crippen LogP contribution in [0.5, 0.6) is 0 Å². The number of imidazole rings is 1. The summed E-state index contributed by atoms with van der Waals surface area (Å²) in [6.07, 6.45) is 15.5. The van der Waals surface area contributed by atoms with Gasteiger partial charge in [0.25, 0.3) is 0 Å². The van der Waals surface area contributed by atoms with E-state index in [4.69, 9.17) is 4.98 Å². The molecule has 0 fully saturated rings. The van der Waals surface area contributed by atoms with E-state index in [-0.39, 0.29) is 0 Å². The van der Waals surface area contributed by atoms with Crippen LogP contribution in [-0.4, -0.2) is 9.55 Å². The highest BCUT2D eigenvalue weighted by atomic mass is 15.1. The molecule has 2 nitrogen and oxygen atoms in total. The van der Waals surface area contributed by atoms with E-state index >= 15 is 0 Å². The minimum Gasteiger partial charge on any atom is -0.293 e. The Morgan fingerprint density at radius 1 is 0.489 bits per heavy atom. The largest absolute Gasteiger partial charge is 0.293 e. The Morgan fingerprint density at radius 2 is 1.11 bits per heavy atom. The summed E-state index contributed by atoms with van der Waals surface area (Å²) in [5.41, 5.74) is 12.2. The van der Waals surface area contributed by atoms with Crippen molar-refractivity contribution in [3.8, 4) is 39.1 Å². The highest BCUT2D eigenvalue weighted by Gasteiger charge is 2.22. The van der Waals surface area contributed by atoms with Crippen molar-refractivity contribution in [3.63, 3.8) is 0 Å². The molecule has 7 aromatic rings. The minimum atomic E-state index is 0.983. The van der Waals surface area contributed by atoms with E-state index < -0.39 is 0 Å². The molecule has 0 N–H and O–H groups in total. The molecule has 9 rings (SSSR count). The summed E-state index contributed by atoms with van der Waals surface area (Å²) in [5.74, 6) is 1.04. The summed E-state index contributed by atoms with van der Waals surface area (Å²) in [6.45, 7) is 0. The molecule has 0 atom stereocenters. The number of allylic oxidation sites excluding steroid dienone is 5. The number of hydrogen-bond donors (Lipinski definition) is 0. The van der Waals surface area contributed by atoms with Gasteiger partial charge < -0.3 is 0 Å². The lowest BCUT2D eigenvalue weighted by molar-refractivity contribution is 0.936. The van der Waals surface area contributed by atoms with Crippen LogP contribution in [-0.2, 0) is 6.42 Å². The molecular formula is C45H34N2. The third-order valence-electron chi connectivity index (χ3n) is 9.67. The lowest BCUT2D eigenvalue weighted by Crippen LogP contribution is -2.04. The highest BCUT2D eigenvalue weighted by molar-refractivity contribution is 6.22. The van der Waals surface area contributed by atoms with Gasteiger partial charge >= 0.3 is 0 Å². The van der Waals surface area contributed by atoms with Crippen molar-refractivity contribution in [1.82, 2.24) is 9.55 Å². The zero-order valence-corrected chi connectivity index (χ0v) is 26.2. The number of hydrogen-bond acceptors (Lipinski definition) is 1. The van der Waals surface area contributed by atoms with Gasteiger partial charge in [-0.1, -0.05) is 133 Å². The van der Waals surface area contributed by atoms with E-state index in [0.717, 1.165) is 37.2 Å². The molecule has 2 aliphatic rings. The van der Waals surface area contributed by atoms with E-state index in [9.17, 15) is 0 Å². The minimum absolute atomic E-state index is 0.983. The number of nitrogens with zero attached hydrogens (tertiary/aromatic N) is 2. The van der Waals surface area contributed by atoms with Crippen molar-refractivity contribution >= 4 is 33.2 Å². The molecule has 0 saturated heterocycles. The molecule has 224 valence electrons. The Kier molecular flexibility index (Phi) is 6.79. The Hall–Kier alpha value is -5.73. The standard InChI is InChI=1S/C45H34N2/c1-4-14-31(15-5-1)35-26-29-39-40(30-35)44(38-21-11-10-20-37(38)43(39)32-16-6-2-7-17-32)33-24-27-36(28-25-33)47-42-23-13-12-22-41(42)46-45(47)34-18-8-3-9-19-34/h1-2,4-8,10-11,13-21,23-30H,3,9,12,22H2. The van der Waals surface area contributed by atoms with E-state index in [2.05, 4.69) is 162 Å². The lowest BCUT2D eigenvalue weighted by atomic mass is 9.85. The van der Waals surface area contributed by atoms with Crippen LogP contribution >= 0.6 is 0 Å². The first-order valence-corrected chi connectivity index (χ1v) is 16.7. The zero-order chi connectivity index (χ0) is 31.2. The van der Waals surface area contributed by atoms with Gasteiger partial charge in [-0.2, -0.15) is 0 Å². The van der Waals surface area contributed by atoms with Crippen molar-refractivity contribution in [1.29, 1.82) is 0 Å². The molecule has 0 amide bonds. The van der Waals surface area contributed by atoms with Crippen molar-refractivity contribution in [2.75, 3.05) is 0 Å². The predicted molar refractivity (Wildman–Crippen MR) is 199 cm³/mol. The summed E-state index contributed by atoms with van der Waals surface area (Å²) in [5, 5.41) is 5.06. The van der Waals surface area contributed by atoms with Crippen LogP contribution in [0.15, 0.2) is 152 Å². The third kappa shape index (κ3) is 4.76. The van der Waals surface area contributed by atoms with Gasteiger partial charge in [0.15, 0.2) is 0 Å². The van der Waals surface area contributed by atoms with Gasteiger partial charge in [-0.05, 0) is 105 Å². The first-order chi connectivity index (χ1) is 23.3. The van der Waals surface area contributed by atoms with Crippen LogP contribution in [0.4, 0.5) is 0 Å². The maximum atomic E-state index is 5.18. The van der Waals surface area contributed by atoms with Crippen molar-refractivity contribution in [2.45, 2.75) is 25.7 Å². The average Bonchev–Trinajstić information content (AvgIpc) is 3.54. The van der Waals surface area contributed by atoms with Crippen LogP contribution in [0.3, 0.4) is 0 Å². The molecule has 0 unspecified atom stereocenters. The van der Waals surface area contributed by atoms with E-state index in [1.807, 2.05) is 0 Å². The molecule has 0 radical (unpaired) electrons. The van der Waals surface area contributed by atoms with Crippen LogP contribution in [0.25, 0.3) is 72.3 Å². The Balaban J connectivity index is 1.28. The fourth-order valence-corrected chi connectivity index (χ4v) is 7.47. The second-order valence-corrected chi connectivity index (χ2v) is 12.5. The summed E-state index contributed by atoms with van der Waals surface area (Å²) in [7, 11) is 0. The van der Waals surface area contributed by atoms with Crippen LogP contribution < -0.4 is 0 Å². The van der Waals surface area contributed by atoms with Crippen LogP contribution in [0.1, 0.15) is 36.5 Å². The molecule has 0 saturated carbocycles. The van der Waals surface area contributed by atoms with E-state index in [1.165, 1.54) is 71.9 Å². The van der Waals surface area contributed by atoms with Gasteiger partial charge in [0.1, 0.15) is 5.82 Å². The van der Waals surface area contributed by atoms with Gasteiger partial charge in [-0.15, -0.1) is 0 Å². The number of benzene rings is 6. The SMILES string of the molecule is C1=CC(c2nc3c(n2-c2ccc(-c4c5ccccc5c(-c5ccccc5)c5ccc(-c6ccccc6)cc45)cc2)C=CCC3)=CCC1. The summed E-state index contributed by atoms with van der Waals surface area (Å²) in [6, 6.07) is 46.6. The molecule has 1 aromatic heterocycles. The van der Waals surface area contributed by atoms with Gasteiger partial charge in [-0.25, -0.2) is 4.98 Å². The smallest absolute Gasteiger partial charge is 0.144 e. The number of aromatic nitrogens is 2. The first kappa shape index (κ1) is 27.6. The summed E-state index contributed by atoms with van der Waals surface area (Å²) in [4.78, 5) is 5.18. The number of aryl methyl sites for hydroxylation is 1. The first-order valence-electron chi connectivity index (χ1n) is 16.7. The fraction of sp³-hybridized carbons (Fsp3) is 0.0889. The molecule has 2 heteroatoms. The summed E-state index contributed by atoms with van der Waals surface area (Å²) >= 11 is 0. The second kappa shape index (κ2) is 11.6. The topological polar surface area (TPSA) is 17.8 Å². The van der Waals surface area contributed by atoms with Crippen molar-refractivity contribution < 1.29 is 0 Å². The third-order valence-corrected chi connectivity index (χ3v) is 9.67.